The number of fused-ring (bicyclic) bond motifs is 1. The molecule has 7 heteroatoms. The van der Waals surface area contributed by atoms with E-state index in [1.54, 1.807) is 12.4 Å². The Labute approximate surface area is 155 Å². The van der Waals surface area contributed by atoms with E-state index in [-0.39, 0.29) is 0 Å². The minimum Gasteiger partial charge on any atom is -0.367 e. The summed E-state index contributed by atoms with van der Waals surface area (Å²) in [7, 11) is 0. The van der Waals surface area contributed by atoms with Crippen LogP contribution in [0.25, 0.3) is 5.65 Å². The van der Waals surface area contributed by atoms with Gasteiger partial charge in [-0.2, -0.15) is 9.61 Å². The van der Waals surface area contributed by atoms with Gasteiger partial charge in [0.05, 0.1) is 10.7 Å². The lowest BCUT2D eigenvalue weighted by Gasteiger charge is -2.23. The quantitative estimate of drug-likeness (QED) is 0.669. The van der Waals surface area contributed by atoms with E-state index in [0.717, 1.165) is 27.3 Å². The second-order valence-corrected chi connectivity index (χ2v) is 7.30. The van der Waals surface area contributed by atoms with Crippen LogP contribution in [0, 0.1) is 0 Å². The summed E-state index contributed by atoms with van der Waals surface area (Å²) in [6.07, 6.45) is 11.8. The third-order valence-electron chi connectivity index (χ3n) is 4.58. The molecular weight excluding hydrogens is 380 g/mol. The summed E-state index contributed by atoms with van der Waals surface area (Å²) in [5.74, 6) is 1.81. The Bertz CT molecular complexity index is 841. The Morgan fingerprint density at radius 2 is 2.08 bits per heavy atom. The summed E-state index contributed by atoms with van der Waals surface area (Å²) in [4.78, 5) is 8.90. The molecule has 3 aromatic rings. The van der Waals surface area contributed by atoms with Crippen molar-refractivity contribution >= 4 is 33.2 Å². The first-order valence-corrected chi connectivity index (χ1v) is 9.52. The lowest BCUT2D eigenvalue weighted by atomic mass is 9.95. The minimum absolute atomic E-state index is 0.511. The van der Waals surface area contributed by atoms with Gasteiger partial charge in [0, 0.05) is 31.0 Å². The van der Waals surface area contributed by atoms with Crippen LogP contribution in [-0.4, -0.2) is 25.6 Å². The molecule has 0 aliphatic heterocycles. The Morgan fingerprint density at radius 3 is 2.88 bits per heavy atom. The topological polar surface area (TPSA) is 67.1 Å². The molecule has 2 N–H and O–H groups in total. The fourth-order valence-corrected chi connectivity index (χ4v) is 3.64. The Kier molecular flexibility index (Phi) is 4.83. The summed E-state index contributed by atoms with van der Waals surface area (Å²) >= 11 is 3.55. The molecule has 1 aliphatic rings. The number of hydrogen-bond acceptors (Lipinski definition) is 5. The molecular formula is C18H21BrN6. The van der Waals surface area contributed by atoms with Crippen LogP contribution in [0.1, 0.15) is 37.7 Å². The van der Waals surface area contributed by atoms with Gasteiger partial charge in [-0.1, -0.05) is 25.3 Å². The second-order valence-electron chi connectivity index (χ2n) is 6.45. The van der Waals surface area contributed by atoms with E-state index in [0.29, 0.717) is 12.6 Å². The molecule has 6 nitrogen and oxygen atoms in total. The standard InChI is InChI=1S/C18H21BrN6/c19-15-12-22-25-17(21-11-13-5-4-8-20-10-13)9-16(24-18(15)25)23-14-6-2-1-3-7-14/h4-5,8-10,12,14,21H,1-3,6-7,11H2,(H,23,24). The highest BCUT2D eigenvalue weighted by atomic mass is 79.9. The molecule has 0 unspecified atom stereocenters. The first-order valence-electron chi connectivity index (χ1n) is 8.73. The molecule has 25 heavy (non-hydrogen) atoms. The van der Waals surface area contributed by atoms with Crippen LogP contribution in [0.2, 0.25) is 0 Å². The molecule has 0 radical (unpaired) electrons. The highest BCUT2D eigenvalue weighted by Gasteiger charge is 2.16. The van der Waals surface area contributed by atoms with Crippen molar-refractivity contribution in [1.82, 2.24) is 19.6 Å². The van der Waals surface area contributed by atoms with Crippen molar-refractivity contribution in [3.05, 3.63) is 46.8 Å². The molecule has 0 atom stereocenters. The molecule has 0 bridgehead atoms. The smallest absolute Gasteiger partial charge is 0.173 e. The number of hydrogen-bond donors (Lipinski definition) is 2. The van der Waals surface area contributed by atoms with E-state index in [1.165, 1.54) is 32.1 Å². The SMILES string of the molecule is Brc1cnn2c(NCc3cccnc3)cc(NC3CCCCC3)nc12. The van der Waals surface area contributed by atoms with Gasteiger partial charge in [-0.05, 0) is 40.4 Å². The molecule has 1 fully saturated rings. The van der Waals surface area contributed by atoms with E-state index < -0.39 is 0 Å². The van der Waals surface area contributed by atoms with E-state index in [4.69, 9.17) is 4.98 Å². The Morgan fingerprint density at radius 1 is 1.20 bits per heavy atom. The maximum atomic E-state index is 4.73. The van der Waals surface area contributed by atoms with E-state index in [1.807, 2.05) is 22.8 Å². The van der Waals surface area contributed by atoms with Crippen LogP contribution in [0.5, 0.6) is 0 Å². The lowest BCUT2D eigenvalue weighted by Crippen LogP contribution is -2.23. The fraction of sp³-hybridized carbons (Fsp3) is 0.389. The average Bonchev–Trinajstić information content (AvgIpc) is 3.03. The lowest BCUT2D eigenvalue weighted by molar-refractivity contribution is 0.462. The number of aromatic nitrogens is 4. The zero-order chi connectivity index (χ0) is 17.1. The fourth-order valence-electron chi connectivity index (χ4n) is 3.29. The van der Waals surface area contributed by atoms with Gasteiger partial charge in [-0.25, -0.2) is 4.98 Å². The van der Waals surface area contributed by atoms with Gasteiger partial charge in [-0.15, -0.1) is 0 Å². The molecule has 0 spiro atoms. The molecule has 1 aliphatic carbocycles. The number of nitrogens with zero attached hydrogens (tertiary/aromatic N) is 4. The molecule has 0 aromatic carbocycles. The van der Waals surface area contributed by atoms with Gasteiger partial charge >= 0.3 is 0 Å². The number of pyridine rings is 1. The van der Waals surface area contributed by atoms with Crippen LogP contribution in [0.3, 0.4) is 0 Å². The van der Waals surface area contributed by atoms with Gasteiger partial charge in [-0.3, -0.25) is 4.98 Å². The predicted molar refractivity (Wildman–Crippen MR) is 103 cm³/mol. The third-order valence-corrected chi connectivity index (χ3v) is 5.14. The predicted octanol–water partition coefficient (Wildman–Crippen LogP) is 4.24. The first kappa shape index (κ1) is 16.3. The Balaban J connectivity index is 1.59. The largest absolute Gasteiger partial charge is 0.367 e. The first-order chi connectivity index (χ1) is 12.3. The van der Waals surface area contributed by atoms with Crippen molar-refractivity contribution in [2.24, 2.45) is 0 Å². The molecule has 3 heterocycles. The van der Waals surface area contributed by atoms with Crippen LogP contribution in [0.4, 0.5) is 11.6 Å². The van der Waals surface area contributed by atoms with Gasteiger partial charge in [0.2, 0.25) is 0 Å². The summed E-state index contributed by atoms with van der Waals surface area (Å²) < 4.78 is 2.72. The van der Waals surface area contributed by atoms with Crippen LogP contribution < -0.4 is 10.6 Å². The molecule has 0 saturated heterocycles. The Hall–Kier alpha value is -2.15. The zero-order valence-corrected chi connectivity index (χ0v) is 15.5. The molecule has 0 amide bonds. The number of halogens is 1. The van der Waals surface area contributed by atoms with E-state index in [2.05, 4.69) is 42.7 Å². The monoisotopic (exact) mass is 400 g/mol. The second kappa shape index (κ2) is 7.39. The van der Waals surface area contributed by atoms with Gasteiger partial charge in [0.25, 0.3) is 0 Å². The molecule has 130 valence electrons. The maximum Gasteiger partial charge on any atom is 0.173 e. The number of anilines is 2. The number of nitrogens with one attached hydrogen (secondary N) is 2. The van der Waals surface area contributed by atoms with Crippen molar-refractivity contribution in [3.8, 4) is 0 Å². The summed E-state index contributed by atoms with van der Waals surface area (Å²) in [6.45, 7) is 0.688. The normalized spacial score (nSPS) is 15.4. The van der Waals surface area contributed by atoms with Crippen molar-refractivity contribution in [2.45, 2.75) is 44.7 Å². The molecule has 1 saturated carbocycles. The van der Waals surface area contributed by atoms with E-state index in [9.17, 15) is 0 Å². The van der Waals surface area contributed by atoms with Crippen molar-refractivity contribution in [1.29, 1.82) is 0 Å². The van der Waals surface area contributed by atoms with Crippen molar-refractivity contribution < 1.29 is 0 Å². The highest BCUT2D eigenvalue weighted by molar-refractivity contribution is 9.10. The number of rotatable bonds is 5. The summed E-state index contributed by atoms with van der Waals surface area (Å²) in [6, 6.07) is 6.55. The van der Waals surface area contributed by atoms with Crippen molar-refractivity contribution in [3.63, 3.8) is 0 Å². The molecule has 3 aromatic heterocycles. The average molecular weight is 401 g/mol. The van der Waals surface area contributed by atoms with Crippen LogP contribution in [-0.2, 0) is 6.54 Å². The van der Waals surface area contributed by atoms with Crippen LogP contribution >= 0.6 is 15.9 Å². The third kappa shape index (κ3) is 3.76. The van der Waals surface area contributed by atoms with E-state index >= 15 is 0 Å². The highest BCUT2D eigenvalue weighted by Crippen LogP contribution is 2.25. The van der Waals surface area contributed by atoms with Crippen LogP contribution in [0.15, 0.2) is 41.3 Å². The maximum absolute atomic E-state index is 4.73. The summed E-state index contributed by atoms with van der Waals surface area (Å²) in [5.41, 5.74) is 1.94. The molecule has 4 rings (SSSR count). The van der Waals surface area contributed by atoms with Gasteiger partial charge in [0.15, 0.2) is 5.65 Å². The zero-order valence-electron chi connectivity index (χ0n) is 14.0. The van der Waals surface area contributed by atoms with Crippen molar-refractivity contribution in [2.75, 3.05) is 10.6 Å². The van der Waals surface area contributed by atoms with Gasteiger partial charge < -0.3 is 10.6 Å². The van der Waals surface area contributed by atoms with Gasteiger partial charge in [0.1, 0.15) is 11.6 Å². The summed E-state index contributed by atoms with van der Waals surface area (Å²) in [5, 5.41) is 11.5. The minimum atomic E-state index is 0.511.